The van der Waals surface area contributed by atoms with Crippen LogP contribution in [0.15, 0.2) is 83.3 Å². The average molecular weight is 493 g/mol. The Hall–Kier alpha value is -3.71. The van der Waals surface area contributed by atoms with Crippen LogP contribution < -0.4 is 15.4 Å². The van der Waals surface area contributed by atoms with Crippen LogP contribution in [0.3, 0.4) is 0 Å². The van der Waals surface area contributed by atoms with E-state index in [0.29, 0.717) is 17.0 Å². The predicted molar refractivity (Wildman–Crippen MR) is 127 cm³/mol. The molecule has 0 atom stereocenters. The van der Waals surface area contributed by atoms with Crippen LogP contribution in [0.2, 0.25) is 0 Å². The molecule has 7 heteroatoms. The van der Waals surface area contributed by atoms with Gasteiger partial charge in [0.15, 0.2) is 0 Å². The molecule has 0 aromatic heterocycles. The molecule has 32 heavy (non-hydrogen) atoms. The number of rotatable bonds is 7. The molecule has 3 rings (SSSR count). The van der Waals surface area contributed by atoms with Crippen molar-refractivity contribution in [3.63, 3.8) is 0 Å². The highest BCUT2D eigenvalue weighted by atomic mass is 79.9. The third kappa shape index (κ3) is 6.92. The average Bonchev–Trinajstić information content (AvgIpc) is 2.77. The van der Waals surface area contributed by atoms with Crippen LogP contribution in [0, 0.1) is 0 Å². The van der Waals surface area contributed by atoms with Gasteiger partial charge in [-0.25, -0.2) is 0 Å². The van der Waals surface area contributed by atoms with Crippen molar-refractivity contribution >= 4 is 45.5 Å². The topological polar surface area (TPSA) is 84.5 Å². The molecule has 0 aliphatic heterocycles. The van der Waals surface area contributed by atoms with Crippen LogP contribution in [0.25, 0.3) is 6.08 Å². The summed E-state index contributed by atoms with van der Waals surface area (Å²) in [5.74, 6) is -0.770. The molecule has 0 aliphatic carbocycles. The number of nitrogens with one attached hydrogen (secondary N) is 2. The lowest BCUT2D eigenvalue weighted by molar-refractivity contribution is -0.131. The lowest BCUT2D eigenvalue weighted by Crippen LogP contribution is -2.22. The second-order valence-corrected chi connectivity index (χ2v) is 7.75. The Morgan fingerprint density at radius 3 is 2.53 bits per heavy atom. The number of amides is 2. The van der Waals surface area contributed by atoms with Crippen LogP contribution in [-0.4, -0.2) is 17.8 Å². The maximum absolute atomic E-state index is 12.7. The second-order valence-electron chi connectivity index (χ2n) is 6.84. The van der Waals surface area contributed by atoms with Gasteiger partial charge in [0, 0.05) is 35.3 Å². The number of anilines is 1. The molecule has 6 nitrogen and oxygen atoms in total. The number of hydrogen-bond acceptors (Lipinski definition) is 4. The Morgan fingerprint density at radius 1 is 0.969 bits per heavy atom. The molecule has 0 heterocycles. The maximum Gasteiger partial charge on any atom is 0.308 e. The summed E-state index contributed by atoms with van der Waals surface area (Å²) >= 11 is 3.40. The molecule has 0 saturated carbocycles. The first-order chi connectivity index (χ1) is 15.4. The lowest BCUT2D eigenvalue weighted by atomic mass is 10.1. The number of halogens is 1. The van der Waals surface area contributed by atoms with Gasteiger partial charge in [0.05, 0.1) is 0 Å². The van der Waals surface area contributed by atoms with Crippen LogP contribution in [0.1, 0.15) is 28.4 Å². The van der Waals surface area contributed by atoms with E-state index in [1.165, 1.54) is 19.1 Å². The van der Waals surface area contributed by atoms with E-state index in [2.05, 4.69) is 26.6 Å². The highest BCUT2D eigenvalue weighted by molar-refractivity contribution is 9.10. The zero-order valence-electron chi connectivity index (χ0n) is 17.3. The van der Waals surface area contributed by atoms with Gasteiger partial charge in [-0.15, -0.1) is 0 Å². The second kappa shape index (κ2) is 11.1. The number of para-hydroxylation sites is 1. The van der Waals surface area contributed by atoms with Gasteiger partial charge in [-0.3, -0.25) is 14.4 Å². The minimum atomic E-state index is -0.461. The van der Waals surface area contributed by atoms with Gasteiger partial charge in [-0.05, 0) is 53.6 Å². The Kier molecular flexibility index (Phi) is 7.94. The van der Waals surface area contributed by atoms with E-state index in [4.69, 9.17) is 4.74 Å². The van der Waals surface area contributed by atoms with Crippen molar-refractivity contribution in [2.45, 2.75) is 13.5 Å². The Morgan fingerprint density at radius 2 is 1.75 bits per heavy atom. The summed E-state index contributed by atoms with van der Waals surface area (Å²) in [6, 6.07) is 21.2. The summed E-state index contributed by atoms with van der Waals surface area (Å²) in [5.41, 5.74) is 2.57. The first kappa shape index (κ1) is 23.0. The van der Waals surface area contributed by atoms with Crippen LogP contribution >= 0.6 is 15.9 Å². The third-order valence-electron chi connectivity index (χ3n) is 4.35. The molecule has 0 spiro atoms. The van der Waals surface area contributed by atoms with Gasteiger partial charge >= 0.3 is 5.97 Å². The van der Waals surface area contributed by atoms with Crippen molar-refractivity contribution in [1.29, 1.82) is 0 Å². The molecule has 3 aromatic rings. The van der Waals surface area contributed by atoms with Crippen LogP contribution in [0.5, 0.6) is 5.75 Å². The van der Waals surface area contributed by atoms with Gasteiger partial charge < -0.3 is 15.4 Å². The molecule has 0 unspecified atom stereocenters. The Labute approximate surface area is 194 Å². The first-order valence-corrected chi connectivity index (χ1v) is 10.6. The normalized spacial score (nSPS) is 10.6. The summed E-state index contributed by atoms with van der Waals surface area (Å²) in [7, 11) is 0. The van der Waals surface area contributed by atoms with Gasteiger partial charge in [0.1, 0.15) is 5.75 Å². The fourth-order valence-electron chi connectivity index (χ4n) is 2.88. The molecular formula is C25H21BrN2O4. The predicted octanol–water partition coefficient (Wildman–Crippen LogP) is 4.96. The monoisotopic (exact) mass is 492 g/mol. The van der Waals surface area contributed by atoms with Gasteiger partial charge in [-0.1, -0.05) is 52.3 Å². The van der Waals surface area contributed by atoms with Gasteiger partial charge in [0.2, 0.25) is 5.91 Å². The zero-order valence-corrected chi connectivity index (χ0v) is 18.9. The van der Waals surface area contributed by atoms with E-state index in [1.807, 2.05) is 36.4 Å². The maximum atomic E-state index is 12.7. The molecule has 2 N–H and O–H groups in total. The van der Waals surface area contributed by atoms with Crippen molar-refractivity contribution < 1.29 is 19.1 Å². The number of esters is 1. The largest absolute Gasteiger partial charge is 0.427 e. The standard InChI is InChI=1S/C25H21BrN2O4/c1-17(29)32-22-10-5-8-19(15-22)25(31)28-23-11-3-2-7-20(23)16-27-24(30)13-12-18-6-4-9-21(26)14-18/h2-15H,16H2,1H3,(H,27,30)(H,28,31)/b13-12+. The van der Waals surface area contributed by atoms with Crippen molar-refractivity contribution in [2.75, 3.05) is 5.32 Å². The summed E-state index contributed by atoms with van der Waals surface area (Å²) < 4.78 is 5.96. The molecule has 162 valence electrons. The SMILES string of the molecule is CC(=O)Oc1cccc(C(=O)Nc2ccccc2CNC(=O)/C=C/c2cccc(Br)c2)c1. The molecule has 0 fully saturated rings. The van der Waals surface area contributed by atoms with E-state index in [0.717, 1.165) is 15.6 Å². The highest BCUT2D eigenvalue weighted by Gasteiger charge is 2.11. The Bertz CT molecular complexity index is 1170. The van der Waals surface area contributed by atoms with Crippen molar-refractivity contribution in [3.05, 3.63) is 100 Å². The third-order valence-corrected chi connectivity index (χ3v) is 4.85. The number of hydrogen-bond donors (Lipinski definition) is 2. The fraction of sp³-hybridized carbons (Fsp3) is 0.0800. The molecule has 0 saturated heterocycles. The van der Waals surface area contributed by atoms with E-state index < -0.39 is 5.97 Å². The smallest absolute Gasteiger partial charge is 0.308 e. The highest BCUT2D eigenvalue weighted by Crippen LogP contribution is 2.19. The number of benzene rings is 3. The Balaban J connectivity index is 1.64. The van der Waals surface area contributed by atoms with Crippen molar-refractivity contribution in [3.8, 4) is 5.75 Å². The van der Waals surface area contributed by atoms with Crippen molar-refractivity contribution in [2.24, 2.45) is 0 Å². The fourth-order valence-corrected chi connectivity index (χ4v) is 3.30. The van der Waals surface area contributed by atoms with E-state index in [1.54, 1.807) is 36.4 Å². The minimum absolute atomic E-state index is 0.242. The lowest BCUT2D eigenvalue weighted by Gasteiger charge is -2.12. The summed E-state index contributed by atoms with van der Waals surface area (Å²) in [5, 5.41) is 5.66. The van der Waals surface area contributed by atoms with Gasteiger partial charge in [0.25, 0.3) is 5.91 Å². The molecule has 2 amide bonds. The quantitative estimate of drug-likeness (QED) is 0.277. The van der Waals surface area contributed by atoms with E-state index in [9.17, 15) is 14.4 Å². The summed E-state index contributed by atoms with van der Waals surface area (Å²) in [6.07, 6.45) is 3.19. The molecular weight excluding hydrogens is 472 g/mol. The molecule has 0 radical (unpaired) electrons. The number of carbonyl (C=O) groups excluding carboxylic acids is 3. The first-order valence-electron chi connectivity index (χ1n) is 9.80. The minimum Gasteiger partial charge on any atom is -0.427 e. The van der Waals surface area contributed by atoms with Crippen LogP contribution in [-0.2, 0) is 16.1 Å². The van der Waals surface area contributed by atoms with Gasteiger partial charge in [-0.2, -0.15) is 0 Å². The molecule has 0 aliphatic rings. The summed E-state index contributed by atoms with van der Waals surface area (Å²) in [6.45, 7) is 1.54. The number of carbonyl (C=O) groups is 3. The summed E-state index contributed by atoms with van der Waals surface area (Å²) in [4.78, 5) is 36.0. The number of ether oxygens (including phenoxy) is 1. The molecule has 3 aromatic carbocycles. The van der Waals surface area contributed by atoms with Crippen molar-refractivity contribution in [1.82, 2.24) is 5.32 Å². The van der Waals surface area contributed by atoms with E-state index in [-0.39, 0.29) is 18.4 Å². The zero-order chi connectivity index (χ0) is 22.9. The van der Waals surface area contributed by atoms with E-state index >= 15 is 0 Å². The van der Waals surface area contributed by atoms with Crippen LogP contribution in [0.4, 0.5) is 5.69 Å². The molecule has 0 bridgehead atoms.